The van der Waals surface area contributed by atoms with E-state index in [1.54, 1.807) is 37.6 Å². The molecular weight excluding hydrogens is 625 g/mol. The van der Waals surface area contributed by atoms with E-state index >= 15 is 0 Å². The zero-order valence-corrected chi connectivity index (χ0v) is 25.8. The number of methoxy groups -OCH3 is 1. The number of allylic oxidation sites excluding steroid dienone is 1. The van der Waals surface area contributed by atoms with E-state index in [4.69, 9.17) is 42.8 Å². The van der Waals surface area contributed by atoms with Crippen LogP contribution in [0.1, 0.15) is 60.5 Å². The summed E-state index contributed by atoms with van der Waals surface area (Å²) in [6, 6.07) is 14.8. The Morgan fingerprint density at radius 3 is 2.63 bits per heavy atom. The molecule has 0 atom stereocenters. The Morgan fingerprint density at radius 1 is 1.10 bits per heavy atom. The summed E-state index contributed by atoms with van der Waals surface area (Å²) in [5, 5.41) is 6.18. The van der Waals surface area contributed by atoms with E-state index in [1.807, 2.05) is 30.3 Å². The molecule has 0 saturated heterocycles. The SMILES string of the molecule is C=CCc1cc(C=Nn2c(C3CCCCC3)nc3ccc(Br)cc3c2=O)cc(OC)c1OCc1ccc(Cl)c(Cl)c1. The van der Waals surface area contributed by atoms with Crippen LogP contribution in [0.3, 0.4) is 0 Å². The number of hydrogen-bond acceptors (Lipinski definition) is 5. The smallest absolute Gasteiger partial charge is 0.282 e. The fourth-order valence-corrected chi connectivity index (χ4v) is 5.87. The Hall–Kier alpha value is -3.13. The van der Waals surface area contributed by atoms with Crippen LogP contribution >= 0.6 is 39.1 Å². The Balaban J connectivity index is 1.53. The average Bonchev–Trinajstić information content (AvgIpc) is 2.98. The molecule has 1 aliphatic rings. The van der Waals surface area contributed by atoms with Gasteiger partial charge in [0, 0.05) is 16.0 Å². The zero-order valence-electron chi connectivity index (χ0n) is 22.7. The van der Waals surface area contributed by atoms with Gasteiger partial charge in [0.2, 0.25) is 0 Å². The first-order chi connectivity index (χ1) is 19.9. The molecular formula is C32H30BrCl2N3O3. The number of ether oxygens (including phenoxy) is 2. The molecule has 0 N–H and O–H groups in total. The van der Waals surface area contributed by atoms with Crippen LogP contribution in [0, 0.1) is 0 Å². The minimum atomic E-state index is -0.187. The molecule has 5 rings (SSSR count). The molecule has 212 valence electrons. The summed E-state index contributed by atoms with van der Waals surface area (Å²) in [6.45, 7) is 4.19. The van der Waals surface area contributed by atoms with E-state index in [2.05, 4.69) is 22.5 Å². The average molecular weight is 655 g/mol. The van der Waals surface area contributed by atoms with Crippen molar-refractivity contribution in [1.82, 2.24) is 9.66 Å². The van der Waals surface area contributed by atoms with Crippen molar-refractivity contribution in [2.24, 2.45) is 5.10 Å². The maximum atomic E-state index is 13.7. The fraction of sp³-hybridized carbons (Fsp3) is 0.281. The summed E-state index contributed by atoms with van der Waals surface area (Å²) in [7, 11) is 1.59. The number of halogens is 3. The molecule has 0 amide bonds. The van der Waals surface area contributed by atoms with Gasteiger partial charge in [-0.1, -0.05) is 70.5 Å². The lowest BCUT2D eigenvalue weighted by molar-refractivity contribution is 0.282. The standard InChI is InChI=1S/C32H30BrCl2N3O3/c1-3-7-23-14-21(16-29(40-2)30(23)41-19-20-10-12-26(34)27(35)15-20)18-36-38-31(22-8-5-4-6-9-22)37-28-13-11-24(33)17-25(28)32(38)39/h3,10-18,22H,1,4-9,19H2,2H3. The van der Waals surface area contributed by atoms with Crippen molar-refractivity contribution in [2.75, 3.05) is 7.11 Å². The maximum absolute atomic E-state index is 13.7. The van der Waals surface area contributed by atoms with Gasteiger partial charge in [-0.15, -0.1) is 6.58 Å². The molecule has 41 heavy (non-hydrogen) atoms. The Labute approximate surface area is 257 Å². The summed E-state index contributed by atoms with van der Waals surface area (Å²) in [5.41, 5.74) is 3.01. The van der Waals surface area contributed by atoms with Crippen LogP contribution in [0.4, 0.5) is 0 Å². The number of fused-ring (bicyclic) bond motifs is 1. The second kappa shape index (κ2) is 13.2. The van der Waals surface area contributed by atoms with E-state index < -0.39 is 0 Å². The van der Waals surface area contributed by atoms with Gasteiger partial charge >= 0.3 is 0 Å². The van der Waals surface area contributed by atoms with Crippen LogP contribution in [0.25, 0.3) is 10.9 Å². The highest BCUT2D eigenvalue weighted by atomic mass is 79.9. The number of rotatable bonds is 9. The number of aromatic nitrogens is 2. The normalized spacial score (nSPS) is 14.0. The van der Waals surface area contributed by atoms with Gasteiger partial charge in [-0.2, -0.15) is 9.78 Å². The first kappa shape index (κ1) is 29.4. The van der Waals surface area contributed by atoms with Gasteiger partial charge in [0.25, 0.3) is 5.56 Å². The molecule has 0 spiro atoms. The van der Waals surface area contributed by atoms with E-state index in [-0.39, 0.29) is 18.1 Å². The quantitative estimate of drug-likeness (QED) is 0.134. The van der Waals surface area contributed by atoms with Crippen LogP contribution in [0.2, 0.25) is 10.0 Å². The first-order valence-electron chi connectivity index (χ1n) is 13.5. The molecule has 3 aromatic carbocycles. The molecule has 1 aliphatic carbocycles. The van der Waals surface area contributed by atoms with Crippen LogP contribution in [0.15, 0.2) is 75.6 Å². The van der Waals surface area contributed by atoms with Crippen molar-refractivity contribution in [3.8, 4) is 11.5 Å². The summed E-state index contributed by atoms with van der Waals surface area (Å²) in [6.07, 6.45) is 9.46. The Kier molecular flexibility index (Phi) is 9.48. The van der Waals surface area contributed by atoms with E-state index in [9.17, 15) is 4.79 Å². The van der Waals surface area contributed by atoms with Gasteiger partial charge in [-0.05, 0) is 72.9 Å². The molecule has 1 aromatic heterocycles. The van der Waals surface area contributed by atoms with Crippen molar-refractivity contribution < 1.29 is 9.47 Å². The lowest BCUT2D eigenvalue weighted by Gasteiger charge is -2.22. The van der Waals surface area contributed by atoms with Crippen LogP contribution in [-0.2, 0) is 13.0 Å². The summed E-state index contributed by atoms with van der Waals surface area (Å²) >= 11 is 15.7. The molecule has 6 nitrogen and oxygen atoms in total. The predicted octanol–water partition coefficient (Wildman–Crippen LogP) is 8.71. The molecule has 0 bridgehead atoms. The topological polar surface area (TPSA) is 65.7 Å². The summed E-state index contributed by atoms with van der Waals surface area (Å²) in [4.78, 5) is 18.6. The molecule has 1 fully saturated rings. The van der Waals surface area contributed by atoms with Gasteiger partial charge in [0.05, 0.1) is 34.3 Å². The van der Waals surface area contributed by atoms with Crippen molar-refractivity contribution >= 4 is 56.2 Å². The lowest BCUT2D eigenvalue weighted by Crippen LogP contribution is -2.25. The van der Waals surface area contributed by atoms with Gasteiger partial charge < -0.3 is 9.47 Å². The van der Waals surface area contributed by atoms with Crippen LogP contribution < -0.4 is 15.0 Å². The van der Waals surface area contributed by atoms with Gasteiger partial charge in [-0.25, -0.2) is 4.98 Å². The molecule has 1 saturated carbocycles. The Bertz CT molecular complexity index is 1680. The van der Waals surface area contributed by atoms with Gasteiger partial charge in [0.15, 0.2) is 11.5 Å². The largest absolute Gasteiger partial charge is 0.493 e. The van der Waals surface area contributed by atoms with Crippen LogP contribution in [-0.4, -0.2) is 23.0 Å². The number of nitrogens with zero attached hydrogens (tertiary/aromatic N) is 3. The van der Waals surface area contributed by atoms with Crippen molar-refractivity contribution in [2.45, 2.75) is 51.0 Å². The van der Waals surface area contributed by atoms with Crippen molar-refractivity contribution in [1.29, 1.82) is 0 Å². The van der Waals surface area contributed by atoms with E-state index in [1.165, 1.54) is 11.1 Å². The molecule has 0 radical (unpaired) electrons. The molecule has 0 unspecified atom stereocenters. The number of hydrogen-bond donors (Lipinski definition) is 0. The van der Waals surface area contributed by atoms with Gasteiger partial charge in [0.1, 0.15) is 12.4 Å². The monoisotopic (exact) mass is 653 g/mol. The summed E-state index contributed by atoms with van der Waals surface area (Å²) in [5.74, 6) is 2.05. The molecule has 0 aliphatic heterocycles. The highest BCUT2D eigenvalue weighted by molar-refractivity contribution is 9.10. The molecule has 1 heterocycles. The zero-order chi connectivity index (χ0) is 28.9. The third-order valence-electron chi connectivity index (χ3n) is 7.23. The third-order valence-corrected chi connectivity index (χ3v) is 8.46. The lowest BCUT2D eigenvalue weighted by atomic mass is 9.88. The third kappa shape index (κ3) is 6.69. The minimum Gasteiger partial charge on any atom is -0.493 e. The van der Waals surface area contributed by atoms with E-state index in [0.717, 1.165) is 46.8 Å². The van der Waals surface area contributed by atoms with Gasteiger partial charge in [-0.3, -0.25) is 4.79 Å². The maximum Gasteiger partial charge on any atom is 0.282 e. The molecule has 4 aromatic rings. The second-order valence-corrected chi connectivity index (χ2v) is 11.8. The molecule has 9 heteroatoms. The fourth-order valence-electron chi connectivity index (χ4n) is 5.19. The minimum absolute atomic E-state index is 0.185. The highest BCUT2D eigenvalue weighted by Gasteiger charge is 2.23. The number of benzene rings is 3. The predicted molar refractivity (Wildman–Crippen MR) is 170 cm³/mol. The van der Waals surface area contributed by atoms with E-state index in [0.29, 0.717) is 44.7 Å². The summed E-state index contributed by atoms with van der Waals surface area (Å²) < 4.78 is 14.2. The van der Waals surface area contributed by atoms with Crippen molar-refractivity contribution in [3.63, 3.8) is 0 Å². The Morgan fingerprint density at radius 2 is 1.90 bits per heavy atom. The second-order valence-electron chi connectivity index (χ2n) is 10.1. The van der Waals surface area contributed by atoms with Crippen molar-refractivity contribution in [3.05, 3.63) is 109 Å². The first-order valence-corrected chi connectivity index (χ1v) is 15.1. The van der Waals surface area contributed by atoms with Crippen LogP contribution in [0.5, 0.6) is 11.5 Å². The highest BCUT2D eigenvalue weighted by Crippen LogP contribution is 2.35.